The van der Waals surface area contributed by atoms with Crippen LogP contribution in [-0.2, 0) is 0 Å². The fourth-order valence-electron chi connectivity index (χ4n) is 3.58. The monoisotopic (exact) mass is 430 g/mol. The third-order valence-electron chi connectivity index (χ3n) is 4.96. The summed E-state index contributed by atoms with van der Waals surface area (Å²) in [6.45, 7) is 2.01. The van der Waals surface area contributed by atoms with Crippen molar-refractivity contribution in [1.29, 1.82) is 0 Å². The molecule has 2 N–H and O–H groups in total. The highest BCUT2D eigenvalue weighted by Gasteiger charge is 2.21. The van der Waals surface area contributed by atoms with Gasteiger partial charge in [-0.3, -0.25) is 4.40 Å². The van der Waals surface area contributed by atoms with Gasteiger partial charge in [-0.15, -0.1) is 12.4 Å². The van der Waals surface area contributed by atoms with Crippen LogP contribution in [0.5, 0.6) is 0 Å². The van der Waals surface area contributed by atoms with E-state index >= 15 is 0 Å². The molecule has 0 amide bonds. The number of nitrogens with one attached hydrogen (secondary N) is 2. The first-order valence-corrected chi connectivity index (χ1v) is 9.68. The van der Waals surface area contributed by atoms with Crippen LogP contribution in [0.4, 0.5) is 5.95 Å². The van der Waals surface area contributed by atoms with Crippen molar-refractivity contribution in [2.75, 3.05) is 18.4 Å². The summed E-state index contributed by atoms with van der Waals surface area (Å²) in [6.07, 6.45) is 7.31. The van der Waals surface area contributed by atoms with Gasteiger partial charge in [0.05, 0.1) is 10.7 Å². The lowest BCUT2D eigenvalue weighted by atomic mass is 10.1. The van der Waals surface area contributed by atoms with Gasteiger partial charge >= 0.3 is 5.84 Å². The predicted octanol–water partition coefficient (Wildman–Crippen LogP) is 4.29. The second kappa shape index (κ2) is 8.41. The molecule has 7 nitrogen and oxygen atoms in total. The molecule has 150 valence electrons. The van der Waals surface area contributed by atoms with E-state index in [1.165, 1.54) is 0 Å². The lowest BCUT2D eigenvalue weighted by Crippen LogP contribution is -2.35. The number of hydrogen-bond donors (Lipinski definition) is 2. The number of anilines is 1. The molecule has 5 rings (SSSR count). The molecule has 1 aliphatic heterocycles. The Kier molecular flexibility index (Phi) is 5.71. The van der Waals surface area contributed by atoms with Crippen LogP contribution in [0.3, 0.4) is 0 Å². The molecule has 0 radical (unpaired) electrons. The molecule has 1 saturated heterocycles. The molecule has 0 bridgehead atoms. The van der Waals surface area contributed by atoms with Gasteiger partial charge in [-0.05, 0) is 38.1 Å². The van der Waals surface area contributed by atoms with Crippen LogP contribution in [0.25, 0.3) is 28.5 Å². The van der Waals surface area contributed by atoms with Crippen molar-refractivity contribution < 1.29 is 4.42 Å². The first-order chi connectivity index (χ1) is 13.8. The molecule has 4 aromatic rings. The van der Waals surface area contributed by atoms with E-state index in [2.05, 4.69) is 20.6 Å². The predicted molar refractivity (Wildman–Crippen MR) is 116 cm³/mol. The molecule has 1 aliphatic rings. The second-order valence-corrected chi connectivity index (χ2v) is 7.19. The minimum atomic E-state index is 0. The summed E-state index contributed by atoms with van der Waals surface area (Å²) in [7, 11) is 0. The van der Waals surface area contributed by atoms with Gasteiger partial charge in [0.1, 0.15) is 17.7 Å². The molecular formula is C20H20Cl2N6O. The number of fused-ring (bicyclic) bond motifs is 1. The van der Waals surface area contributed by atoms with Crippen LogP contribution < -0.4 is 10.6 Å². The van der Waals surface area contributed by atoms with E-state index in [-0.39, 0.29) is 12.4 Å². The molecule has 0 aliphatic carbocycles. The normalized spacial score (nSPS) is 14.7. The van der Waals surface area contributed by atoms with Crippen molar-refractivity contribution in [3.05, 3.63) is 54.0 Å². The third-order valence-corrected chi connectivity index (χ3v) is 5.29. The SMILES string of the molecule is Cl.Clc1ccccc1-c1nc2occn2c1-c1ccnc(NC2CCNCC2)n1. The van der Waals surface area contributed by atoms with Crippen molar-refractivity contribution >= 4 is 35.8 Å². The topological polar surface area (TPSA) is 80.3 Å². The Morgan fingerprint density at radius 1 is 1.14 bits per heavy atom. The summed E-state index contributed by atoms with van der Waals surface area (Å²) in [6, 6.07) is 9.89. The molecule has 0 atom stereocenters. The Hall–Kier alpha value is -2.61. The number of benzene rings is 1. The van der Waals surface area contributed by atoms with Crippen LogP contribution in [0.1, 0.15) is 12.8 Å². The fourth-order valence-corrected chi connectivity index (χ4v) is 3.81. The molecule has 3 aromatic heterocycles. The molecule has 4 heterocycles. The molecule has 1 aromatic carbocycles. The zero-order chi connectivity index (χ0) is 18.9. The van der Waals surface area contributed by atoms with Gasteiger partial charge in [-0.25, -0.2) is 9.97 Å². The Labute approximate surface area is 178 Å². The number of nitrogens with zero attached hydrogens (tertiary/aromatic N) is 4. The number of imidazole rings is 1. The maximum atomic E-state index is 6.44. The maximum Gasteiger partial charge on any atom is 0.306 e. The maximum absolute atomic E-state index is 6.44. The molecule has 1 fully saturated rings. The van der Waals surface area contributed by atoms with Crippen LogP contribution in [-0.4, -0.2) is 38.5 Å². The zero-order valence-electron chi connectivity index (χ0n) is 15.5. The van der Waals surface area contributed by atoms with Gasteiger partial charge in [0, 0.05) is 24.0 Å². The van der Waals surface area contributed by atoms with Crippen molar-refractivity contribution in [1.82, 2.24) is 24.7 Å². The van der Waals surface area contributed by atoms with Crippen LogP contribution in [0.2, 0.25) is 5.02 Å². The van der Waals surface area contributed by atoms with Gasteiger partial charge < -0.3 is 15.1 Å². The summed E-state index contributed by atoms with van der Waals surface area (Å²) in [5.41, 5.74) is 3.16. The molecule has 0 unspecified atom stereocenters. The first kappa shape index (κ1) is 19.7. The quantitative estimate of drug-likeness (QED) is 0.502. The van der Waals surface area contributed by atoms with Gasteiger partial charge in [-0.1, -0.05) is 29.8 Å². The third kappa shape index (κ3) is 3.81. The summed E-state index contributed by atoms with van der Waals surface area (Å²) >= 11 is 6.44. The second-order valence-electron chi connectivity index (χ2n) is 6.78. The van der Waals surface area contributed by atoms with Crippen molar-refractivity contribution in [2.45, 2.75) is 18.9 Å². The van der Waals surface area contributed by atoms with E-state index in [4.69, 9.17) is 21.0 Å². The van der Waals surface area contributed by atoms with E-state index in [9.17, 15) is 0 Å². The van der Waals surface area contributed by atoms with E-state index < -0.39 is 0 Å². The molecule has 29 heavy (non-hydrogen) atoms. The summed E-state index contributed by atoms with van der Waals surface area (Å²) < 4.78 is 7.40. The Bertz CT molecular complexity index is 1120. The molecule has 0 spiro atoms. The van der Waals surface area contributed by atoms with E-state index in [0.29, 0.717) is 22.9 Å². The highest BCUT2D eigenvalue weighted by Crippen LogP contribution is 2.35. The number of rotatable bonds is 4. The number of piperidine rings is 1. The lowest BCUT2D eigenvalue weighted by molar-refractivity contribution is 0.477. The molecule has 9 heteroatoms. The lowest BCUT2D eigenvalue weighted by Gasteiger charge is -2.23. The smallest absolute Gasteiger partial charge is 0.306 e. The summed E-state index contributed by atoms with van der Waals surface area (Å²) in [5.74, 6) is 1.12. The molecular weight excluding hydrogens is 411 g/mol. The average molecular weight is 431 g/mol. The number of oxazole rings is 1. The Balaban J connectivity index is 0.00000205. The minimum absolute atomic E-state index is 0. The number of halogens is 2. The largest absolute Gasteiger partial charge is 0.432 e. The fraction of sp³-hybridized carbons (Fsp3) is 0.250. The number of aromatic nitrogens is 4. The van der Waals surface area contributed by atoms with E-state index in [1.54, 1.807) is 12.5 Å². The summed E-state index contributed by atoms with van der Waals surface area (Å²) in [4.78, 5) is 13.8. The van der Waals surface area contributed by atoms with Crippen molar-refractivity contribution in [3.63, 3.8) is 0 Å². The highest BCUT2D eigenvalue weighted by atomic mass is 35.5. The van der Waals surface area contributed by atoms with Gasteiger partial charge in [0.25, 0.3) is 0 Å². The van der Waals surface area contributed by atoms with Crippen LogP contribution >= 0.6 is 24.0 Å². The Morgan fingerprint density at radius 2 is 1.97 bits per heavy atom. The van der Waals surface area contributed by atoms with Crippen LogP contribution in [0, 0.1) is 0 Å². The zero-order valence-corrected chi connectivity index (χ0v) is 17.1. The highest BCUT2D eigenvalue weighted by molar-refractivity contribution is 6.33. The van der Waals surface area contributed by atoms with Crippen molar-refractivity contribution in [2.24, 2.45) is 0 Å². The van der Waals surface area contributed by atoms with E-state index in [1.807, 2.05) is 40.9 Å². The summed E-state index contributed by atoms with van der Waals surface area (Å²) in [5, 5.41) is 7.45. The standard InChI is InChI=1S/C20H19ClN6O.ClH/c21-15-4-2-1-3-14(15)17-18(27-11-12-28-20(27)26-17)16-7-10-23-19(25-16)24-13-5-8-22-9-6-13;/h1-4,7,10-13,22H,5-6,8-9H2,(H,23,24,25);1H. The Morgan fingerprint density at radius 3 is 2.79 bits per heavy atom. The molecule has 0 saturated carbocycles. The van der Waals surface area contributed by atoms with Gasteiger partial charge in [0.15, 0.2) is 0 Å². The van der Waals surface area contributed by atoms with Gasteiger partial charge in [-0.2, -0.15) is 4.98 Å². The first-order valence-electron chi connectivity index (χ1n) is 9.31. The van der Waals surface area contributed by atoms with Gasteiger partial charge in [0.2, 0.25) is 5.95 Å². The average Bonchev–Trinajstić information content (AvgIpc) is 3.30. The number of hydrogen-bond acceptors (Lipinski definition) is 6. The van der Waals surface area contributed by atoms with Crippen LogP contribution in [0.15, 0.2) is 53.4 Å². The minimum Gasteiger partial charge on any atom is -0.432 e. The van der Waals surface area contributed by atoms with Crippen molar-refractivity contribution in [3.8, 4) is 22.6 Å². The van der Waals surface area contributed by atoms with E-state index in [0.717, 1.165) is 48.6 Å².